The van der Waals surface area contributed by atoms with Gasteiger partial charge in [-0.2, -0.15) is 0 Å². The van der Waals surface area contributed by atoms with E-state index in [1.54, 1.807) is 56.7 Å². The largest absolute Gasteiger partial charge is 0.497 e. The maximum absolute atomic E-state index is 13.8. The molecule has 0 unspecified atom stereocenters. The molecular formula is C26H29FN4O4. The Hall–Kier alpha value is -3.98. The van der Waals surface area contributed by atoms with Crippen molar-refractivity contribution in [2.24, 2.45) is 5.73 Å². The summed E-state index contributed by atoms with van der Waals surface area (Å²) in [6.45, 7) is 3.14. The van der Waals surface area contributed by atoms with Crippen molar-refractivity contribution in [2.75, 3.05) is 20.8 Å². The second-order valence-corrected chi connectivity index (χ2v) is 7.64. The quantitative estimate of drug-likeness (QED) is 0.330. The lowest BCUT2D eigenvalue weighted by molar-refractivity contribution is 0.0996. The number of halogens is 1. The maximum Gasteiger partial charge on any atom is 0.267 e. The van der Waals surface area contributed by atoms with Gasteiger partial charge >= 0.3 is 0 Å². The van der Waals surface area contributed by atoms with E-state index in [1.165, 1.54) is 25.0 Å². The van der Waals surface area contributed by atoms with Crippen molar-refractivity contribution in [1.29, 1.82) is 0 Å². The predicted octanol–water partition coefficient (Wildman–Crippen LogP) is 4.88. The Morgan fingerprint density at radius 1 is 1.06 bits per heavy atom. The minimum Gasteiger partial charge on any atom is -0.497 e. The van der Waals surface area contributed by atoms with Crippen LogP contribution in [0.3, 0.4) is 0 Å². The standard InChI is InChI=1S/C21H17FN4O3.C5H12O/c1-28-14-8-13(9-15(10-14)29-11-12-4-2-3-5-16(12)22)20-25-18-7-6-17(19(23)27)24-21(18)26-20;1-3-4-5-6-2/h2-10H,11H2,1H3,(H2,23,27)(H,24,25,26);3-5H2,1-2H3. The van der Waals surface area contributed by atoms with E-state index in [0.29, 0.717) is 39.6 Å². The minimum absolute atomic E-state index is 0.0724. The van der Waals surface area contributed by atoms with E-state index in [-0.39, 0.29) is 18.1 Å². The Kier molecular flexibility index (Phi) is 9.14. The zero-order valence-corrected chi connectivity index (χ0v) is 20.0. The number of methoxy groups -OCH3 is 2. The second-order valence-electron chi connectivity index (χ2n) is 7.64. The van der Waals surface area contributed by atoms with Crippen molar-refractivity contribution in [3.63, 3.8) is 0 Å². The van der Waals surface area contributed by atoms with Crippen molar-refractivity contribution < 1.29 is 23.4 Å². The second kappa shape index (κ2) is 12.5. The lowest BCUT2D eigenvalue weighted by Gasteiger charge is -2.10. The molecule has 35 heavy (non-hydrogen) atoms. The molecule has 0 fully saturated rings. The molecule has 8 nitrogen and oxygen atoms in total. The van der Waals surface area contributed by atoms with E-state index >= 15 is 0 Å². The van der Waals surface area contributed by atoms with Crippen LogP contribution in [0.4, 0.5) is 4.39 Å². The highest BCUT2D eigenvalue weighted by Crippen LogP contribution is 2.30. The normalized spacial score (nSPS) is 10.5. The summed E-state index contributed by atoms with van der Waals surface area (Å²) in [5.74, 6) is 0.612. The highest BCUT2D eigenvalue weighted by Gasteiger charge is 2.12. The number of carbonyl (C=O) groups is 1. The lowest BCUT2D eigenvalue weighted by Crippen LogP contribution is -2.12. The summed E-state index contributed by atoms with van der Waals surface area (Å²) >= 11 is 0. The summed E-state index contributed by atoms with van der Waals surface area (Å²) < 4.78 is 29.7. The van der Waals surface area contributed by atoms with Crippen molar-refractivity contribution in [1.82, 2.24) is 15.0 Å². The van der Waals surface area contributed by atoms with E-state index in [4.69, 9.17) is 19.9 Å². The summed E-state index contributed by atoms with van der Waals surface area (Å²) in [6, 6.07) is 14.9. The molecule has 1 amide bonds. The molecule has 0 spiro atoms. The fraction of sp³-hybridized carbons (Fsp3) is 0.269. The summed E-state index contributed by atoms with van der Waals surface area (Å²) in [5.41, 5.74) is 7.56. The molecule has 0 saturated heterocycles. The first-order valence-corrected chi connectivity index (χ1v) is 11.2. The molecule has 184 valence electrons. The Bertz CT molecular complexity index is 1270. The average molecular weight is 481 g/mol. The SMILES string of the molecule is CCCCOC.COc1cc(OCc2ccccc2F)cc(-c2nc3nc(C(N)=O)ccc3[nH]2)c1. The van der Waals surface area contributed by atoms with Gasteiger partial charge in [0.15, 0.2) is 5.65 Å². The van der Waals surface area contributed by atoms with Gasteiger partial charge in [0, 0.05) is 30.9 Å². The first-order chi connectivity index (χ1) is 16.9. The minimum atomic E-state index is -0.623. The summed E-state index contributed by atoms with van der Waals surface area (Å²) in [6.07, 6.45) is 2.42. The van der Waals surface area contributed by atoms with E-state index in [0.717, 1.165) is 6.61 Å². The van der Waals surface area contributed by atoms with Gasteiger partial charge in [-0.1, -0.05) is 31.5 Å². The number of fused-ring (bicyclic) bond motifs is 1. The molecule has 3 N–H and O–H groups in total. The number of pyridine rings is 1. The number of primary amides is 1. The van der Waals surface area contributed by atoms with Crippen LogP contribution in [0.2, 0.25) is 0 Å². The van der Waals surface area contributed by atoms with Crippen LogP contribution >= 0.6 is 0 Å². The molecule has 0 aliphatic rings. The van der Waals surface area contributed by atoms with Gasteiger partial charge in [-0.25, -0.2) is 14.4 Å². The zero-order valence-electron chi connectivity index (χ0n) is 20.0. The Balaban J connectivity index is 0.000000509. The Morgan fingerprint density at radius 3 is 2.49 bits per heavy atom. The number of carbonyl (C=O) groups excluding carboxylic acids is 1. The van der Waals surface area contributed by atoms with E-state index in [1.807, 2.05) is 0 Å². The number of hydrogen-bond donors (Lipinski definition) is 2. The maximum atomic E-state index is 13.8. The number of benzene rings is 2. The monoisotopic (exact) mass is 480 g/mol. The molecule has 0 aliphatic carbocycles. The number of hydrogen-bond acceptors (Lipinski definition) is 6. The number of amides is 1. The predicted molar refractivity (Wildman–Crippen MR) is 132 cm³/mol. The topological polar surface area (TPSA) is 112 Å². The van der Waals surface area contributed by atoms with Crippen LogP contribution in [-0.4, -0.2) is 41.7 Å². The zero-order chi connectivity index (χ0) is 25.2. The number of nitrogens with one attached hydrogen (secondary N) is 1. The van der Waals surface area contributed by atoms with Gasteiger partial charge in [-0.05, 0) is 36.8 Å². The number of rotatable bonds is 9. The first kappa shape index (κ1) is 25.6. The number of aromatic nitrogens is 3. The molecule has 4 aromatic rings. The summed E-state index contributed by atoms with van der Waals surface area (Å²) in [4.78, 5) is 23.0. The van der Waals surface area contributed by atoms with Crippen LogP contribution in [0.15, 0.2) is 54.6 Å². The van der Waals surface area contributed by atoms with Crippen LogP contribution in [0.1, 0.15) is 35.8 Å². The Labute approximate surface area is 203 Å². The van der Waals surface area contributed by atoms with Crippen molar-refractivity contribution in [3.05, 3.63) is 71.7 Å². The van der Waals surface area contributed by atoms with Gasteiger partial charge in [0.25, 0.3) is 5.91 Å². The number of unbranched alkanes of at least 4 members (excludes halogenated alkanes) is 1. The molecule has 0 bridgehead atoms. The van der Waals surface area contributed by atoms with Crippen LogP contribution in [0, 0.1) is 5.82 Å². The number of ether oxygens (including phenoxy) is 3. The smallest absolute Gasteiger partial charge is 0.267 e. The molecule has 0 saturated carbocycles. The van der Waals surface area contributed by atoms with E-state index in [2.05, 4.69) is 21.9 Å². The molecule has 2 aromatic heterocycles. The van der Waals surface area contributed by atoms with Gasteiger partial charge in [-0.3, -0.25) is 4.79 Å². The number of nitrogens with two attached hydrogens (primary N) is 1. The van der Waals surface area contributed by atoms with Crippen molar-refractivity contribution in [3.8, 4) is 22.9 Å². The average Bonchev–Trinajstić information content (AvgIpc) is 3.31. The van der Waals surface area contributed by atoms with Gasteiger partial charge < -0.3 is 24.9 Å². The van der Waals surface area contributed by atoms with Gasteiger partial charge in [0.05, 0.1) is 12.6 Å². The van der Waals surface area contributed by atoms with Gasteiger partial charge in [0.2, 0.25) is 0 Å². The third kappa shape index (κ3) is 7.00. The van der Waals surface area contributed by atoms with Gasteiger partial charge in [0.1, 0.15) is 35.4 Å². The molecule has 0 aliphatic heterocycles. The molecule has 4 rings (SSSR count). The van der Waals surface area contributed by atoms with E-state index in [9.17, 15) is 9.18 Å². The molecule has 2 aromatic carbocycles. The fourth-order valence-electron chi connectivity index (χ4n) is 3.14. The van der Waals surface area contributed by atoms with Crippen LogP contribution in [0.25, 0.3) is 22.6 Å². The number of H-pyrrole nitrogens is 1. The summed E-state index contributed by atoms with van der Waals surface area (Å²) in [7, 11) is 3.27. The molecule has 0 atom stereocenters. The number of nitrogens with zero attached hydrogens (tertiary/aromatic N) is 2. The number of imidazole rings is 1. The fourth-order valence-corrected chi connectivity index (χ4v) is 3.14. The first-order valence-electron chi connectivity index (χ1n) is 11.2. The highest BCUT2D eigenvalue weighted by atomic mass is 19.1. The third-order valence-electron chi connectivity index (χ3n) is 5.04. The van der Waals surface area contributed by atoms with Crippen LogP contribution < -0.4 is 15.2 Å². The molecule has 2 heterocycles. The third-order valence-corrected chi connectivity index (χ3v) is 5.04. The van der Waals surface area contributed by atoms with Crippen LogP contribution in [-0.2, 0) is 11.3 Å². The Morgan fingerprint density at radius 2 is 1.83 bits per heavy atom. The van der Waals surface area contributed by atoms with Crippen molar-refractivity contribution >= 4 is 17.1 Å². The molecule has 9 heteroatoms. The van der Waals surface area contributed by atoms with Crippen LogP contribution in [0.5, 0.6) is 11.5 Å². The van der Waals surface area contributed by atoms with E-state index < -0.39 is 5.91 Å². The summed E-state index contributed by atoms with van der Waals surface area (Å²) in [5, 5.41) is 0. The molecule has 0 radical (unpaired) electrons. The highest BCUT2D eigenvalue weighted by molar-refractivity contribution is 5.93. The number of aromatic amines is 1. The van der Waals surface area contributed by atoms with Gasteiger partial charge in [-0.15, -0.1) is 0 Å². The van der Waals surface area contributed by atoms with Crippen molar-refractivity contribution in [2.45, 2.75) is 26.4 Å². The molecular weight excluding hydrogens is 451 g/mol. The lowest BCUT2D eigenvalue weighted by atomic mass is 10.2.